The third-order valence-corrected chi connectivity index (χ3v) is 3.29. The first-order valence-corrected chi connectivity index (χ1v) is 6.07. The van der Waals surface area contributed by atoms with Crippen molar-refractivity contribution in [3.05, 3.63) is 28.8 Å². The lowest BCUT2D eigenvalue weighted by Gasteiger charge is -2.19. The molecule has 0 bridgehead atoms. The second-order valence-electron chi connectivity index (χ2n) is 4.32. The van der Waals surface area contributed by atoms with E-state index in [9.17, 15) is 18.0 Å². The van der Waals surface area contributed by atoms with E-state index in [-0.39, 0.29) is 22.7 Å². The molecule has 19 heavy (non-hydrogen) atoms. The zero-order valence-electron chi connectivity index (χ0n) is 10.1. The van der Waals surface area contributed by atoms with Crippen LogP contribution in [0.5, 0.6) is 0 Å². The number of alkyl halides is 3. The van der Waals surface area contributed by atoms with Crippen molar-refractivity contribution in [2.75, 3.05) is 18.5 Å². The van der Waals surface area contributed by atoms with Gasteiger partial charge < -0.3 is 10.2 Å². The van der Waals surface area contributed by atoms with E-state index in [0.717, 1.165) is 12.1 Å². The van der Waals surface area contributed by atoms with Gasteiger partial charge in [-0.3, -0.25) is 4.79 Å². The second-order valence-corrected chi connectivity index (χ2v) is 4.75. The highest BCUT2D eigenvalue weighted by atomic mass is 35.5. The van der Waals surface area contributed by atoms with E-state index >= 15 is 0 Å². The maximum absolute atomic E-state index is 12.7. The van der Waals surface area contributed by atoms with Crippen molar-refractivity contribution in [3.63, 3.8) is 0 Å². The number of rotatable bonds is 2. The lowest BCUT2D eigenvalue weighted by atomic mass is 10.2. The number of anilines is 1. The van der Waals surface area contributed by atoms with E-state index in [1.807, 2.05) is 0 Å². The molecule has 1 aromatic rings. The highest BCUT2D eigenvalue weighted by Gasteiger charge is 2.35. The molecule has 1 aliphatic rings. The number of nitrogens with one attached hydrogen (secondary N) is 1. The van der Waals surface area contributed by atoms with Gasteiger partial charge in [-0.1, -0.05) is 11.6 Å². The normalized spacial score (nSPS) is 20.2. The number of nitrogens with zero attached hydrogens (tertiary/aromatic N) is 1. The van der Waals surface area contributed by atoms with Crippen molar-refractivity contribution in [3.8, 4) is 0 Å². The molecule has 0 saturated carbocycles. The monoisotopic (exact) mass is 292 g/mol. The Bertz CT molecular complexity index is 504. The zero-order chi connectivity index (χ0) is 14.2. The van der Waals surface area contributed by atoms with E-state index < -0.39 is 11.7 Å². The molecule has 104 valence electrons. The van der Waals surface area contributed by atoms with E-state index in [0.29, 0.717) is 13.0 Å². The Morgan fingerprint density at radius 2 is 2.05 bits per heavy atom. The standard InChI is InChI=1S/C12H12ClF3N2O/c1-17-10-2-3-18(11(10)19)9-5-7(12(14,15)16)4-8(13)6-9/h4-6,10,17H,2-3H2,1H3. The largest absolute Gasteiger partial charge is 0.416 e. The van der Waals surface area contributed by atoms with Crippen LogP contribution in [0.3, 0.4) is 0 Å². The third-order valence-electron chi connectivity index (χ3n) is 3.08. The predicted octanol–water partition coefficient (Wildman–Crippen LogP) is 2.68. The molecule has 2 rings (SSSR count). The summed E-state index contributed by atoms with van der Waals surface area (Å²) in [6.07, 6.45) is -3.92. The van der Waals surface area contributed by atoms with Gasteiger partial charge in [-0.05, 0) is 31.7 Å². The van der Waals surface area contributed by atoms with Gasteiger partial charge in [-0.15, -0.1) is 0 Å². The molecule has 0 spiro atoms. The van der Waals surface area contributed by atoms with Crippen molar-refractivity contribution >= 4 is 23.2 Å². The molecule has 3 nitrogen and oxygen atoms in total. The molecule has 0 aromatic heterocycles. The van der Waals surface area contributed by atoms with Crippen LogP contribution < -0.4 is 10.2 Å². The molecule has 1 aliphatic heterocycles. The first-order chi connectivity index (χ1) is 8.82. The van der Waals surface area contributed by atoms with Crippen LogP contribution in [0.15, 0.2) is 18.2 Å². The summed E-state index contributed by atoms with van der Waals surface area (Å²) in [6.45, 7) is 0.377. The number of likely N-dealkylation sites (N-methyl/N-ethyl adjacent to an activating group) is 1. The van der Waals surface area contributed by atoms with E-state index in [1.54, 1.807) is 7.05 Å². The maximum atomic E-state index is 12.7. The molecule has 7 heteroatoms. The van der Waals surface area contributed by atoms with E-state index in [1.165, 1.54) is 11.0 Å². The molecule has 1 fully saturated rings. The number of carbonyl (C=O) groups excluding carboxylic acids is 1. The Morgan fingerprint density at radius 1 is 1.37 bits per heavy atom. The van der Waals surface area contributed by atoms with Crippen LogP contribution in [0.25, 0.3) is 0 Å². The molecule has 1 atom stereocenters. The van der Waals surface area contributed by atoms with Gasteiger partial charge >= 0.3 is 6.18 Å². The molecular formula is C12H12ClF3N2O. The molecule has 1 amide bonds. The van der Waals surface area contributed by atoms with Crippen LogP contribution in [0.4, 0.5) is 18.9 Å². The lowest BCUT2D eigenvalue weighted by molar-refractivity contribution is -0.137. The Labute approximate surface area is 113 Å². The molecule has 1 saturated heterocycles. The second kappa shape index (κ2) is 5.02. The molecule has 1 heterocycles. The minimum atomic E-state index is -4.48. The number of hydrogen-bond donors (Lipinski definition) is 1. The highest BCUT2D eigenvalue weighted by molar-refractivity contribution is 6.31. The summed E-state index contributed by atoms with van der Waals surface area (Å²) in [5.74, 6) is -0.238. The molecule has 0 radical (unpaired) electrons. The molecular weight excluding hydrogens is 281 g/mol. The summed E-state index contributed by atoms with van der Waals surface area (Å²) in [7, 11) is 1.64. The summed E-state index contributed by atoms with van der Waals surface area (Å²) in [5.41, 5.74) is -0.668. The Morgan fingerprint density at radius 3 is 2.58 bits per heavy atom. The number of hydrogen-bond acceptors (Lipinski definition) is 2. The summed E-state index contributed by atoms with van der Waals surface area (Å²) in [6, 6.07) is 2.81. The first kappa shape index (κ1) is 14.1. The van der Waals surface area contributed by atoms with E-state index in [4.69, 9.17) is 11.6 Å². The van der Waals surface area contributed by atoms with Crippen molar-refractivity contribution in [2.45, 2.75) is 18.6 Å². The molecule has 1 aromatic carbocycles. The average molecular weight is 293 g/mol. The number of halogens is 4. The minimum Gasteiger partial charge on any atom is -0.311 e. The van der Waals surface area contributed by atoms with Crippen LogP contribution in [-0.2, 0) is 11.0 Å². The Hall–Kier alpha value is -1.27. The fourth-order valence-corrected chi connectivity index (χ4v) is 2.33. The fraction of sp³-hybridized carbons (Fsp3) is 0.417. The van der Waals surface area contributed by atoms with Crippen LogP contribution in [0, 0.1) is 0 Å². The average Bonchev–Trinajstić information content (AvgIpc) is 2.68. The number of amides is 1. The SMILES string of the molecule is CNC1CCN(c2cc(Cl)cc(C(F)(F)F)c2)C1=O. The summed E-state index contributed by atoms with van der Waals surface area (Å²) >= 11 is 5.70. The Balaban J connectivity index is 2.36. The van der Waals surface area contributed by atoms with Crippen LogP contribution in [0.2, 0.25) is 5.02 Å². The van der Waals surface area contributed by atoms with Gasteiger partial charge in [0.05, 0.1) is 11.6 Å². The summed E-state index contributed by atoms with van der Waals surface area (Å²) in [4.78, 5) is 13.3. The van der Waals surface area contributed by atoms with Crippen molar-refractivity contribution in [1.29, 1.82) is 0 Å². The highest BCUT2D eigenvalue weighted by Crippen LogP contribution is 2.35. The van der Waals surface area contributed by atoms with Gasteiger partial charge in [-0.25, -0.2) is 0 Å². The summed E-state index contributed by atoms with van der Waals surface area (Å²) < 4.78 is 38.1. The van der Waals surface area contributed by atoms with E-state index in [2.05, 4.69) is 5.32 Å². The first-order valence-electron chi connectivity index (χ1n) is 5.69. The van der Waals surface area contributed by atoms with Gasteiger partial charge in [-0.2, -0.15) is 13.2 Å². The summed E-state index contributed by atoms with van der Waals surface area (Å²) in [5, 5.41) is 2.79. The van der Waals surface area contributed by atoms with Crippen LogP contribution in [0.1, 0.15) is 12.0 Å². The lowest BCUT2D eigenvalue weighted by Crippen LogP contribution is -2.36. The van der Waals surface area contributed by atoms with Crippen LogP contribution >= 0.6 is 11.6 Å². The minimum absolute atomic E-state index is 0.0365. The van der Waals surface area contributed by atoms with Gasteiger partial charge in [0.25, 0.3) is 0 Å². The zero-order valence-corrected chi connectivity index (χ0v) is 10.8. The molecule has 1 unspecified atom stereocenters. The maximum Gasteiger partial charge on any atom is 0.416 e. The van der Waals surface area contributed by atoms with Gasteiger partial charge in [0, 0.05) is 17.3 Å². The van der Waals surface area contributed by atoms with Gasteiger partial charge in [0.2, 0.25) is 5.91 Å². The van der Waals surface area contributed by atoms with Crippen LogP contribution in [-0.4, -0.2) is 25.5 Å². The third kappa shape index (κ3) is 2.84. The van der Waals surface area contributed by atoms with Crippen molar-refractivity contribution < 1.29 is 18.0 Å². The number of carbonyl (C=O) groups is 1. The number of benzene rings is 1. The van der Waals surface area contributed by atoms with Gasteiger partial charge in [0.15, 0.2) is 0 Å². The predicted molar refractivity (Wildman–Crippen MR) is 66.3 cm³/mol. The van der Waals surface area contributed by atoms with Crippen molar-refractivity contribution in [2.24, 2.45) is 0 Å². The fourth-order valence-electron chi connectivity index (χ4n) is 2.10. The topological polar surface area (TPSA) is 32.3 Å². The quantitative estimate of drug-likeness (QED) is 0.909. The Kier molecular flexibility index (Phi) is 3.73. The van der Waals surface area contributed by atoms with Crippen molar-refractivity contribution in [1.82, 2.24) is 5.32 Å². The molecule has 1 N–H and O–H groups in total. The molecule has 0 aliphatic carbocycles. The van der Waals surface area contributed by atoms with Gasteiger partial charge in [0.1, 0.15) is 0 Å². The smallest absolute Gasteiger partial charge is 0.311 e.